The summed E-state index contributed by atoms with van der Waals surface area (Å²) in [5.74, 6) is 0. The fourth-order valence-electron chi connectivity index (χ4n) is 3.36. The molecule has 1 atom stereocenters. The molecule has 0 radical (unpaired) electrons. The molecule has 1 aromatic heterocycles. The molecule has 18 heavy (non-hydrogen) atoms. The van der Waals surface area contributed by atoms with Crippen LogP contribution in [0.3, 0.4) is 0 Å². The summed E-state index contributed by atoms with van der Waals surface area (Å²) in [6, 6.07) is 0.742. The van der Waals surface area contributed by atoms with Crippen LogP contribution in [0.25, 0.3) is 0 Å². The van der Waals surface area contributed by atoms with Crippen LogP contribution in [0.5, 0.6) is 0 Å². The maximum atomic E-state index is 4.84. The monoisotopic (exact) mass is 264 g/mol. The van der Waals surface area contributed by atoms with E-state index < -0.39 is 0 Å². The number of aryl methyl sites for hydroxylation is 1. The average Bonchev–Trinajstić information content (AvgIpc) is 3.01. The van der Waals surface area contributed by atoms with Gasteiger partial charge in [-0.15, -0.1) is 11.3 Å². The molecule has 2 aliphatic rings. The van der Waals surface area contributed by atoms with Crippen molar-refractivity contribution in [1.29, 1.82) is 0 Å². The first-order valence-electron chi connectivity index (χ1n) is 7.24. The summed E-state index contributed by atoms with van der Waals surface area (Å²) in [5.41, 5.74) is 1.62. The molecule has 3 heteroatoms. The quantitative estimate of drug-likeness (QED) is 0.892. The molecule has 1 unspecified atom stereocenters. The Morgan fingerprint density at radius 3 is 2.56 bits per heavy atom. The fourth-order valence-corrected chi connectivity index (χ4v) is 4.53. The van der Waals surface area contributed by atoms with Crippen LogP contribution < -0.4 is 5.32 Å². The predicted octanol–water partition coefficient (Wildman–Crippen LogP) is 4.00. The van der Waals surface area contributed by atoms with Gasteiger partial charge < -0.3 is 5.32 Å². The van der Waals surface area contributed by atoms with Gasteiger partial charge in [0.25, 0.3) is 0 Å². The van der Waals surface area contributed by atoms with Crippen LogP contribution in [0.4, 0.5) is 0 Å². The molecule has 0 bridgehead atoms. The number of nitrogens with one attached hydrogen (secondary N) is 1. The Morgan fingerprint density at radius 2 is 2.00 bits per heavy atom. The molecule has 0 aromatic carbocycles. The van der Waals surface area contributed by atoms with Gasteiger partial charge in [-0.1, -0.05) is 26.7 Å². The van der Waals surface area contributed by atoms with Crippen LogP contribution in [-0.2, 0) is 5.54 Å². The number of rotatable bonds is 3. The summed E-state index contributed by atoms with van der Waals surface area (Å²) in [7, 11) is 0. The van der Waals surface area contributed by atoms with Crippen molar-refractivity contribution in [1.82, 2.24) is 10.3 Å². The summed E-state index contributed by atoms with van der Waals surface area (Å²) in [6.45, 7) is 6.97. The largest absolute Gasteiger partial charge is 0.302 e. The van der Waals surface area contributed by atoms with E-state index in [0.717, 1.165) is 6.04 Å². The number of aromatic nitrogens is 1. The zero-order valence-electron chi connectivity index (χ0n) is 11.8. The van der Waals surface area contributed by atoms with Crippen molar-refractivity contribution in [2.24, 2.45) is 5.41 Å². The van der Waals surface area contributed by atoms with Crippen molar-refractivity contribution in [3.05, 3.63) is 16.1 Å². The standard InChI is InChI=1S/C15H24N2S/c1-11-10-18-13(16-11)15(17-12-6-7-12)9-5-4-8-14(15,2)3/h10,12,17H,4-9H2,1-3H3. The van der Waals surface area contributed by atoms with Gasteiger partial charge in [-0.05, 0) is 38.0 Å². The molecule has 1 aromatic rings. The van der Waals surface area contributed by atoms with E-state index in [0.29, 0.717) is 5.41 Å². The van der Waals surface area contributed by atoms with E-state index in [4.69, 9.17) is 4.98 Å². The predicted molar refractivity (Wildman–Crippen MR) is 76.9 cm³/mol. The van der Waals surface area contributed by atoms with Crippen molar-refractivity contribution in [2.75, 3.05) is 0 Å². The first-order valence-corrected chi connectivity index (χ1v) is 8.12. The van der Waals surface area contributed by atoms with Crippen molar-refractivity contribution < 1.29 is 0 Å². The average molecular weight is 264 g/mol. The molecule has 2 saturated carbocycles. The Bertz CT molecular complexity index is 433. The number of thiazole rings is 1. The highest BCUT2D eigenvalue weighted by Crippen LogP contribution is 2.52. The van der Waals surface area contributed by atoms with Crippen molar-refractivity contribution in [2.45, 2.75) is 70.9 Å². The lowest BCUT2D eigenvalue weighted by Gasteiger charge is -2.50. The Labute approximate surface area is 114 Å². The molecule has 0 amide bonds. The van der Waals surface area contributed by atoms with E-state index in [-0.39, 0.29) is 5.54 Å². The molecule has 0 spiro atoms. The molecule has 0 saturated heterocycles. The van der Waals surface area contributed by atoms with Gasteiger partial charge in [-0.25, -0.2) is 4.98 Å². The summed E-state index contributed by atoms with van der Waals surface area (Å²) < 4.78 is 0. The molecule has 100 valence electrons. The SMILES string of the molecule is Cc1csc(C2(NC3CC3)CCCCC2(C)C)n1. The second kappa shape index (κ2) is 4.31. The van der Waals surface area contributed by atoms with E-state index >= 15 is 0 Å². The topological polar surface area (TPSA) is 24.9 Å². The minimum absolute atomic E-state index is 0.130. The zero-order valence-corrected chi connectivity index (χ0v) is 12.6. The van der Waals surface area contributed by atoms with Crippen LogP contribution >= 0.6 is 11.3 Å². The van der Waals surface area contributed by atoms with Gasteiger partial charge in [0.1, 0.15) is 5.01 Å². The maximum Gasteiger partial charge on any atom is 0.114 e. The van der Waals surface area contributed by atoms with E-state index in [1.807, 2.05) is 11.3 Å². The molecule has 2 aliphatic carbocycles. The molecular formula is C15H24N2S. The van der Waals surface area contributed by atoms with Crippen LogP contribution in [0.2, 0.25) is 0 Å². The summed E-state index contributed by atoms with van der Waals surface area (Å²) >= 11 is 1.85. The molecule has 2 nitrogen and oxygen atoms in total. The summed E-state index contributed by atoms with van der Waals surface area (Å²) in [5, 5.41) is 7.51. The number of hydrogen-bond donors (Lipinski definition) is 1. The van der Waals surface area contributed by atoms with E-state index in [2.05, 4.69) is 31.5 Å². The highest BCUT2D eigenvalue weighted by molar-refractivity contribution is 7.09. The third kappa shape index (κ3) is 2.01. The van der Waals surface area contributed by atoms with Crippen LogP contribution in [0.1, 0.15) is 63.1 Å². The maximum absolute atomic E-state index is 4.84. The van der Waals surface area contributed by atoms with Gasteiger partial charge in [0.2, 0.25) is 0 Å². The minimum atomic E-state index is 0.130. The number of nitrogens with zero attached hydrogens (tertiary/aromatic N) is 1. The van der Waals surface area contributed by atoms with Gasteiger partial charge in [0.05, 0.1) is 5.54 Å². The lowest BCUT2D eigenvalue weighted by molar-refractivity contribution is 0.0570. The number of hydrogen-bond acceptors (Lipinski definition) is 3. The van der Waals surface area contributed by atoms with Gasteiger partial charge in [-0.2, -0.15) is 0 Å². The first-order chi connectivity index (χ1) is 8.53. The Hall–Kier alpha value is -0.410. The van der Waals surface area contributed by atoms with Crippen molar-refractivity contribution >= 4 is 11.3 Å². The fraction of sp³-hybridized carbons (Fsp3) is 0.800. The van der Waals surface area contributed by atoms with Crippen LogP contribution in [0, 0.1) is 12.3 Å². The third-order valence-corrected chi connectivity index (χ3v) is 5.89. The first kappa shape index (κ1) is 12.6. The van der Waals surface area contributed by atoms with Crippen LogP contribution in [-0.4, -0.2) is 11.0 Å². The lowest BCUT2D eigenvalue weighted by atomic mass is 9.63. The molecular weight excluding hydrogens is 240 g/mol. The van der Waals surface area contributed by atoms with E-state index in [1.54, 1.807) is 0 Å². The van der Waals surface area contributed by atoms with Crippen LogP contribution in [0.15, 0.2) is 5.38 Å². The lowest BCUT2D eigenvalue weighted by Crippen LogP contribution is -2.55. The minimum Gasteiger partial charge on any atom is -0.302 e. The molecule has 1 N–H and O–H groups in total. The van der Waals surface area contributed by atoms with Gasteiger partial charge >= 0.3 is 0 Å². The normalized spacial score (nSPS) is 31.5. The second-order valence-electron chi connectivity index (χ2n) is 6.71. The second-order valence-corrected chi connectivity index (χ2v) is 7.57. The highest BCUT2D eigenvalue weighted by Gasteiger charge is 2.51. The Morgan fingerprint density at radius 1 is 1.28 bits per heavy atom. The van der Waals surface area contributed by atoms with Gasteiger partial charge in [-0.3, -0.25) is 0 Å². The Balaban J connectivity index is 2.00. The molecule has 0 aliphatic heterocycles. The summed E-state index contributed by atoms with van der Waals surface area (Å²) in [6.07, 6.45) is 7.96. The Kier molecular flexibility index (Phi) is 3.02. The van der Waals surface area contributed by atoms with E-state index in [9.17, 15) is 0 Å². The summed E-state index contributed by atoms with van der Waals surface area (Å²) in [4.78, 5) is 4.84. The molecule has 2 fully saturated rings. The smallest absolute Gasteiger partial charge is 0.114 e. The van der Waals surface area contributed by atoms with Gasteiger partial charge in [0, 0.05) is 17.1 Å². The van der Waals surface area contributed by atoms with E-state index in [1.165, 1.54) is 49.2 Å². The van der Waals surface area contributed by atoms with Crippen molar-refractivity contribution in [3.63, 3.8) is 0 Å². The zero-order chi connectivity index (χ0) is 12.8. The van der Waals surface area contributed by atoms with Crippen molar-refractivity contribution in [3.8, 4) is 0 Å². The van der Waals surface area contributed by atoms with Gasteiger partial charge in [0.15, 0.2) is 0 Å². The molecule has 3 rings (SSSR count). The third-order valence-electron chi connectivity index (χ3n) is 4.77. The highest BCUT2D eigenvalue weighted by atomic mass is 32.1. The molecule has 1 heterocycles.